The number of carbonyl (C=O) groups is 2. The maximum Gasteiger partial charge on any atom is 0.246 e. The molecule has 1 aromatic carbocycles. The molecule has 0 bridgehead atoms. The van der Waals surface area contributed by atoms with Crippen molar-refractivity contribution < 1.29 is 18.4 Å². The summed E-state index contributed by atoms with van der Waals surface area (Å²) in [6.45, 7) is 10.6. The van der Waals surface area contributed by atoms with E-state index < -0.39 is 11.6 Å². The number of aliphatic imine (C=N–C) groups is 1. The van der Waals surface area contributed by atoms with E-state index in [1.807, 2.05) is 25.7 Å². The van der Waals surface area contributed by atoms with Crippen LogP contribution in [0.15, 0.2) is 48.2 Å². The molecule has 1 saturated heterocycles. The normalized spacial score (nSPS) is 15.5. The summed E-state index contributed by atoms with van der Waals surface area (Å²) in [5.74, 6) is -1.16. The van der Waals surface area contributed by atoms with Crippen LogP contribution in [0.5, 0.6) is 0 Å². The molecule has 1 unspecified atom stereocenters. The Labute approximate surface area is 248 Å². The van der Waals surface area contributed by atoms with Gasteiger partial charge in [-0.1, -0.05) is 32.0 Å². The smallest absolute Gasteiger partial charge is 0.246 e. The highest BCUT2D eigenvalue weighted by Gasteiger charge is 2.32. The molecule has 1 fully saturated rings. The number of aryl methyl sites for hydroxylation is 2. The van der Waals surface area contributed by atoms with Crippen molar-refractivity contribution in [3.63, 3.8) is 0 Å². The van der Waals surface area contributed by atoms with Gasteiger partial charge in [0.1, 0.15) is 23.8 Å². The third kappa shape index (κ3) is 5.87. The Hall–Kier alpha value is -4.25. The van der Waals surface area contributed by atoms with E-state index in [2.05, 4.69) is 21.5 Å². The minimum absolute atomic E-state index is 0.0256. The zero-order valence-corrected chi connectivity index (χ0v) is 24.7. The summed E-state index contributed by atoms with van der Waals surface area (Å²) < 4.78 is 28.7. The van der Waals surface area contributed by atoms with Gasteiger partial charge < -0.3 is 9.80 Å². The predicted octanol–water partition coefficient (Wildman–Crippen LogP) is 4.98. The van der Waals surface area contributed by atoms with Crippen LogP contribution in [0.4, 0.5) is 20.3 Å². The molecule has 0 aliphatic carbocycles. The topological polar surface area (TPSA) is 94.9 Å². The number of hydrogen-bond acceptors (Lipinski definition) is 6. The fourth-order valence-corrected chi connectivity index (χ4v) is 5.42. The average Bonchev–Trinajstić information content (AvgIpc) is 2.99. The van der Waals surface area contributed by atoms with E-state index in [1.54, 1.807) is 18.0 Å². The molecule has 42 heavy (non-hydrogen) atoms. The van der Waals surface area contributed by atoms with E-state index in [-0.39, 0.29) is 34.0 Å². The molecule has 0 radical (unpaired) electrons. The van der Waals surface area contributed by atoms with Gasteiger partial charge in [0.2, 0.25) is 12.3 Å². The number of rotatable bonds is 8. The molecular formula is C30H32ClF2N7O2. The minimum Gasteiger partial charge on any atom is -0.350 e. The third-order valence-corrected chi connectivity index (χ3v) is 7.49. The molecule has 3 aromatic rings. The van der Waals surface area contributed by atoms with Gasteiger partial charge in [-0.3, -0.25) is 19.5 Å². The van der Waals surface area contributed by atoms with E-state index in [0.29, 0.717) is 67.4 Å². The van der Waals surface area contributed by atoms with Crippen molar-refractivity contribution in [1.29, 1.82) is 0 Å². The predicted molar refractivity (Wildman–Crippen MR) is 159 cm³/mol. The number of carbonyl (C=O) groups excluding carboxylic acids is 2. The molecule has 1 aliphatic heterocycles. The lowest BCUT2D eigenvalue weighted by atomic mass is 10.1. The largest absolute Gasteiger partial charge is 0.350 e. The maximum atomic E-state index is 15.0. The zero-order valence-electron chi connectivity index (χ0n) is 23.9. The van der Waals surface area contributed by atoms with Gasteiger partial charge in [0.15, 0.2) is 5.82 Å². The Morgan fingerprint density at radius 3 is 2.43 bits per heavy atom. The number of amidine groups is 1. The zero-order chi connectivity index (χ0) is 30.6. The van der Waals surface area contributed by atoms with E-state index >= 15 is 0 Å². The van der Waals surface area contributed by atoms with Crippen LogP contribution in [0.1, 0.15) is 37.7 Å². The number of aromatic nitrogens is 3. The molecule has 0 spiro atoms. The number of amides is 2. The summed E-state index contributed by atoms with van der Waals surface area (Å²) in [7, 11) is 1.61. The van der Waals surface area contributed by atoms with Gasteiger partial charge in [0.25, 0.3) is 0 Å². The highest BCUT2D eigenvalue weighted by Crippen LogP contribution is 2.38. The SMILES string of the molecule is C=CC(=O)N1CCN(/C(=N/C)c2cc(Cl)c(-c3ccc(F)cc3F)nc2N(C=O)c2c(CC)ncnc2CC)C(C)C1. The van der Waals surface area contributed by atoms with Crippen molar-refractivity contribution in [3.8, 4) is 11.3 Å². The van der Waals surface area contributed by atoms with Crippen molar-refractivity contribution in [2.45, 2.75) is 39.7 Å². The number of hydrogen-bond donors (Lipinski definition) is 0. The Balaban J connectivity index is 1.96. The van der Waals surface area contributed by atoms with Gasteiger partial charge in [-0.05, 0) is 44.0 Å². The van der Waals surface area contributed by atoms with Gasteiger partial charge in [-0.25, -0.2) is 23.7 Å². The number of nitrogens with zero attached hydrogens (tertiary/aromatic N) is 7. The first-order valence-corrected chi connectivity index (χ1v) is 13.9. The lowest BCUT2D eigenvalue weighted by Gasteiger charge is -2.41. The van der Waals surface area contributed by atoms with Crippen LogP contribution in [0.3, 0.4) is 0 Å². The first kappa shape index (κ1) is 30.7. The van der Waals surface area contributed by atoms with Gasteiger partial charge in [-0.2, -0.15) is 0 Å². The molecule has 9 nitrogen and oxygen atoms in total. The number of halogens is 3. The summed E-state index contributed by atoms with van der Waals surface area (Å²) in [5, 5.41) is 0.0788. The fourth-order valence-electron chi connectivity index (χ4n) is 5.16. The Morgan fingerprint density at radius 2 is 1.88 bits per heavy atom. The first-order chi connectivity index (χ1) is 20.2. The van der Waals surface area contributed by atoms with Gasteiger partial charge in [-0.15, -0.1) is 0 Å². The highest BCUT2D eigenvalue weighted by molar-refractivity contribution is 6.33. The molecule has 1 aliphatic rings. The summed E-state index contributed by atoms with van der Waals surface area (Å²) >= 11 is 6.73. The van der Waals surface area contributed by atoms with E-state index in [4.69, 9.17) is 16.6 Å². The molecule has 220 valence electrons. The van der Waals surface area contributed by atoms with Crippen LogP contribution >= 0.6 is 11.6 Å². The molecule has 0 N–H and O–H groups in total. The molecular weight excluding hydrogens is 564 g/mol. The molecule has 0 saturated carbocycles. The van der Waals surface area contributed by atoms with Crippen molar-refractivity contribution in [2.75, 3.05) is 31.6 Å². The summed E-state index contributed by atoms with van der Waals surface area (Å²) in [6, 6.07) is 4.53. The quantitative estimate of drug-likeness (QED) is 0.158. The van der Waals surface area contributed by atoms with Crippen LogP contribution in [-0.4, -0.2) is 75.6 Å². The van der Waals surface area contributed by atoms with Crippen LogP contribution in [-0.2, 0) is 22.4 Å². The van der Waals surface area contributed by atoms with Crippen LogP contribution in [0, 0.1) is 11.6 Å². The Morgan fingerprint density at radius 1 is 1.19 bits per heavy atom. The van der Waals surface area contributed by atoms with Crippen LogP contribution in [0.25, 0.3) is 11.3 Å². The van der Waals surface area contributed by atoms with E-state index in [0.717, 1.165) is 12.1 Å². The average molecular weight is 596 g/mol. The molecule has 3 heterocycles. The van der Waals surface area contributed by atoms with Crippen molar-refractivity contribution in [2.24, 2.45) is 4.99 Å². The monoisotopic (exact) mass is 595 g/mol. The summed E-state index contributed by atoms with van der Waals surface area (Å²) in [4.78, 5) is 48.3. The third-order valence-electron chi connectivity index (χ3n) is 7.20. The number of benzene rings is 1. The lowest BCUT2D eigenvalue weighted by Crippen LogP contribution is -2.55. The van der Waals surface area contributed by atoms with E-state index in [9.17, 15) is 18.4 Å². The highest BCUT2D eigenvalue weighted by atomic mass is 35.5. The van der Waals surface area contributed by atoms with Gasteiger partial charge in [0, 0.05) is 44.4 Å². The van der Waals surface area contributed by atoms with Crippen molar-refractivity contribution in [3.05, 3.63) is 76.9 Å². The Bertz CT molecular complexity index is 1530. The van der Waals surface area contributed by atoms with Crippen LogP contribution < -0.4 is 4.90 Å². The second-order valence-corrected chi connectivity index (χ2v) is 10.1. The molecule has 12 heteroatoms. The fraction of sp³-hybridized carbons (Fsp3) is 0.333. The van der Waals surface area contributed by atoms with Crippen molar-refractivity contribution >= 4 is 41.3 Å². The molecule has 4 rings (SSSR count). The lowest BCUT2D eigenvalue weighted by molar-refractivity contribution is -0.128. The molecule has 1 atom stereocenters. The number of pyridine rings is 1. The van der Waals surface area contributed by atoms with Gasteiger partial charge in [0.05, 0.1) is 33.4 Å². The number of anilines is 2. The number of piperazine rings is 1. The molecule has 2 amide bonds. The molecule has 2 aromatic heterocycles. The minimum atomic E-state index is -0.853. The van der Waals surface area contributed by atoms with Crippen molar-refractivity contribution in [1.82, 2.24) is 24.8 Å². The second-order valence-electron chi connectivity index (χ2n) is 9.69. The first-order valence-electron chi connectivity index (χ1n) is 13.6. The van der Waals surface area contributed by atoms with E-state index in [1.165, 1.54) is 23.4 Å². The maximum absolute atomic E-state index is 15.0. The van der Waals surface area contributed by atoms with Gasteiger partial charge >= 0.3 is 0 Å². The Kier molecular flexibility index (Phi) is 9.62. The second kappa shape index (κ2) is 13.2. The standard InChI is InChI=1S/C30H32ClF2N7O2/c1-6-24-28(25(7-2)36-16-35-24)40(17-41)30-21(14-22(31)27(37-30)20-10-9-19(32)13-23(20)33)29(34-5)39-12-11-38(15-18(39)4)26(42)8-3/h8-10,13-14,16-18H,3,6-7,11-12,15H2,1-2,4-5H3/b34-29+. The summed E-state index contributed by atoms with van der Waals surface area (Å²) in [5.41, 5.74) is 2.10. The van der Waals surface area contributed by atoms with Crippen LogP contribution in [0.2, 0.25) is 5.02 Å². The summed E-state index contributed by atoms with van der Waals surface area (Å²) in [6.07, 6.45) is 4.35.